The van der Waals surface area contributed by atoms with Crippen molar-refractivity contribution in [2.45, 2.75) is 26.7 Å². The number of esters is 1. The number of nitro groups is 1. The Labute approximate surface area is 122 Å². The van der Waals surface area contributed by atoms with Crippen LogP contribution in [0, 0.1) is 17.0 Å². The first kappa shape index (κ1) is 16.6. The van der Waals surface area contributed by atoms with E-state index in [1.807, 2.05) is 0 Å². The quantitative estimate of drug-likeness (QED) is 0.414. The monoisotopic (exact) mass is 295 g/mol. The van der Waals surface area contributed by atoms with Crippen LogP contribution in [0.15, 0.2) is 18.2 Å². The fourth-order valence-corrected chi connectivity index (χ4v) is 1.66. The number of hydrogen-bond donors (Lipinski definition) is 0. The van der Waals surface area contributed by atoms with Crippen molar-refractivity contribution in [1.29, 1.82) is 0 Å². The summed E-state index contributed by atoms with van der Waals surface area (Å²) in [6, 6.07) is 4.41. The zero-order valence-electron chi connectivity index (χ0n) is 12.0. The predicted octanol–water partition coefficient (Wildman–Crippen LogP) is 2.19. The summed E-state index contributed by atoms with van der Waals surface area (Å²) in [4.78, 5) is 33.0. The van der Waals surface area contributed by atoms with Crippen molar-refractivity contribution in [3.63, 3.8) is 0 Å². The van der Waals surface area contributed by atoms with Gasteiger partial charge < -0.3 is 9.47 Å². The van der Waals surface area contributed by atoms with Crippen LogP contribution in [0.4, 0.5) is 5.69 Å². The van der Waals surface area contributed by atoms with Crippen molar-refractivity contribution in [2.75, 3.05) is 13.2 Å². The number of nitrogens with zero attached hydrogens (tertiary/aromatic N) is 1. The van der Waals surface area contributed by atoms with Crippen LogP contribution in [0.5, 0.6) is 5.75 Å². The molecule has 0 unspecified atom stereocenters. The third kappa shape index (κ3) is 5.21. The molecule has 7 nitrogen and oxygen atoms in total. The fourth-order valence-electron chi connectivity index (χ4n) is 1.66. The van der Waals surface area contributed by atoms with Gasteiger partial charge in [-0.05, 0) is 19.9 Å². The second kappa shape index (κ2) is 7.98. The highest BCUT2D eigenvalue weighted by Gasteiger charge is 2.15. The lowest BCUT2D eigenvalue weighted by molar-refractivity contribution is -0.385. The van der Waals surface area contributed by atoms with Crippen LogP contribution in [-0.2, 0) is 14.3 Å². The zero-order chi connectivity index (χ0) is 15.8. The van der Waals surface area contributed by atoms with Crippen molar-refractivity contribution in [1.82, 2.24) is 0 Å². The van der Waals surface area contributed by atoms with Crippen LogP contribution in [0.2, 0.25) is 0 Å². The molecule has 0 saturated heterocycles. The highest BCUT2D eigenvalue weighted by molar-refractivity contribution is 5.84. The lowest BCUT2D eigenvalue weighted by atomic mass is 10.2. The SMILES string of the molecule is CCOC(=O)CCC(=O)COc1cccc([N+](=O)[O-])c1C. The molecule has 0 spiro atoms. The minimum Gasteiger partial charge on any atom is -0.485 e. The normalized spacial score (nSPS) is 10.0. The van der Waals surface area contributed by atoms with Gasteiger partial charge in [0.2, 0.25) is 0 Å². The van der Waals surface area contributed by atoms with Gasteiger partial charge in [-0.1, -0.05) is 6.07 Å². The van der Waals surface area contributed by atoms with Gasteiger partial charge in [0.25, 0.3) is 5.69 Å². The summed E-state index contributed by atoms with van der Waals surface area (Å²) in [5.74, 6) is -0.417. The van der Waals surface area contributed by atoms with E-state index in [9.17, 15) is 19.7 Å². The molecule has 1 rings (SSSR count). The molecule has 0 aliphatic carbocycles. The van der Waals surface area contributed by atoms with Gasteiger partial charge in [0.15, 0.2) is 5.78 Å². The van der Waals surface area contributed by atoms with E-state index in [0.29, 0.717) is 5.56 Å². The van der Waals surface area contributed by atoms with Gasteiger partial charge in [0, 0.05) is 12.5 Å². The van der Waals surface area contributed by atoms with E-state index in [2.05, 4.69) is 0 Å². The second-order valence-corrected chi connectivity index (χ2v) is 4.29. The molecule has 0 aliphatic heterocycles. The molecule has 21 heavy (non-hydrogen) atoms. The Hall–Kier alpha value is -2.44. The molecule has 0 heterocycles. The van der Waals surface area contributed by atoms with Crippen molar-refractivity contribution in [2.24, 2.45) is 0 Å². The summed E-state index contributed by atoms with van der Waals surface area (Å²) in [5.41, 5.74) is 0.298. The van der Waals surface area contributed by atoms with Crippen LogP contribution in [-0.4, -0.2) is 29.9 Å². The van der Waals surface area contributed by atoms with Gasteiger partial charge in [-0.3, -0.25) is 19.7 Å². The fraction of sp³-hybridized carbons (Fsp3) is 0.429. The first-order valence-corrected chi connectivity index (χ1v) is 6.49. The minimum atomic E-state index is -0.509. The van der Waals surface area contributed by atoms with Gasteiger partial charge in [-0.2, -0.15) is 0 Å². The first-order valence-electron chi connectivity index (χ1n) is 6.49. The van der Waals surface area contributed by atoms with Crippen LogP contribution < -0.4 is 4.74 Å². The Morgan fingerprint density at radius 3 is 2.62 bits per heavy atom. The number of rotatable bonds is 8. The second-order valence-electron chi connectivity index (χ2n) is 4.29. The summed E-state index contributed by atoms with van der Waals surface area (Å²) in [6.45, 7) is 3.28. The molecule has 0 radical (unpaired) electrons. The number of Topliss-reactive ketones (excluding diaryl/α,β-unsaturated/α-hetero) is 1. The van der Waals surface area contributed by atoms with Crippen LogP contribution in [0.3, 0.4) is 0 Å². The molecule has 1 aromatic carbocycles. The van der Waals surface area contributed by atoms with Crippen LogP contribution >= 0.6 is 0 Å². The minimum absolute atomic E-state index is 0.00392. The third-order valence-electron chi connectivity index (χ3n) is 2.75. The maximum Gasteiger partial charge on any atom is 0.306 e. The predicted molar refractivity (Wildman–Crippen MR) is 74.2 cm³/mol. The van der Waals surface area contributed by atoms with Gasteiger partial charge in [0.1, 0.15) is 12.4 Å². The highest BCUT2D eigenvalue weighted by atomic mass is 16.6. The van der Waals surface area contributed by atoms with Gasteiger partial charge in [0.05, 0.1) is 23.5 Å². The number of nitro benzene ring substituents is 1. The summed E-state index contributed by atoms with van der Waals surface area (Å²) in [7, 11) is 0. The molecule has 114 valence electrons. The topological polar surface area (TPSA) is 95.7 Å². The smallest absolute Gasteiger partial charge is 0.306 e. The molecule has 0 saturated carbocycles. The Bertz CT molecular complexity index is 540. The summed E-state index contributed by atoms with van der Waals surface area (Å²) in [5, 5.41) is 10.8. The lowest BCUT2D eigenvalue weighted by Gasteiger charge is -2.08. The number of ether oxygens (including phenoxy) is 2. The highest BCUT2D eigenvalue weighted by Crippen LogP contribution is 2.26. The lowest BCUT2D eigenvalue weighted by Crippen LogP contribution is -2.14. The average Bonchev–Trinajstić information content (AvgIpc) is 2.44. The molecule has 0 aromatic heterocycles. The standard InChI is InChI=1S/C14H17NO6/c1-3-20-14(17)8-7-11(16)9-21-13-6-4-5-12(10(13)2)15(18)19/h4-6H,3,7-9H2,1-2H3. The number of carbonyl (C=O) groups excluding carboxylic acids is 2. The summed E-state index contributed by atoms with van der Waals surface area (Å²) in [6.07, 6.45) is 0.0246. The van der Waals surface area contributed by atoms with Crippen molar-refractivity contribution in [3.05, 3.63) is 33.9 Å². The van der Waals surface area contributed by atoms with Gasteiger partial charge >= 0.3 is 5.97 Å². The van der Waals surface area contributed by atoms with Crippen molar-refractivity contribution < 1.29 is 24.0 Å². The molecule has 0 N–H and O–H groups in total. The van der Waals surface area contributed by atoms with Crippen LogP contribution in [0.25, 0.3) is 0 Å². The van der Waals surface area contributed by atoms with Crippen molar-refractivity contribution >= 4 is 17.4 Å². The number of benzene rings is 1. The zero-order valence-corrected chi connectivity index (χ0v) is 12.0. The third-order valence-corrected chi connectivity index (χ3v) is 2.75. The Morgan fingerprint density at radius 1 is 1.29 bits per heavy atom. The molecule has 0 atom stereocenters. The Morgan fingerprint density at radius 2 is 2.00 bits per heavy atom. The number of carbonyl (C=O) groups is 2. The maximum absolute atomic E-state index is 11.6. The molecular weight excluding hydrogens is 278 g/mol. The molecule has 0 aliphatic rings. The Balaban J connectivity index is 2.52. The van der Waals surface area contributed by atoms with Gasteiger partial charge in [-0.15, -0.1) is 0 Å². The summed E-state index contributed by atoms with van der Waals surface area (Å²) >= 11 is 0. The van der Waals surface area contributed by atoms with Gasteiger partial charge in [-0.25, -0.2) is 0 Å². The summed E-state index contributed by atoms with van der Waals surface area (Å²) < 4.78 is 9.98. The maximum atomic E-state index is 11.6. The van der Waals surface area contributed by atoms with E-state index in [4.69, 9.17) is 9.47 Å². The number of hydrogen-bond acceptors (Lipinski definition) is 6. The molecule has 0 fully saturated rings. The van der Waals surface area contributed by atoms with E-state index < -0.39 is 10.9 Å². The number of ketones is 1. The van der Waals surface area contributed by atoms with E-state index in [1.165, 1.54) is 12.1 Å². The molecule has 1 aromatic rings. The molecule has 7 heteroatoms. The van der Waals surface area contributed by atoms with Crippen molar-refractivity contribution in [3.8, 4) is 5.75 Å². The molecule has 0 amide bonds. The first-order chi connectivity index (χ1) is 9.95. The Kier molecular flexibility index (Phi) is 6.32. The average molecular weight is 295 g/mol. The van der Waals surface area contributed by atoms with Crippen LogP contribution in [0.1, 0.15) is 25.3 Å². The van der Waals surface area contributed by atoms with E-state index >= 15 is 0 Å². The largest absolute Gasteiger partial charge is 0.485 e. The van der Waals surface area contributed by atoms with E-state index in [-0.39, 0.29) is 43.3 Å². The molecule has 0 bridgehead atoms. The van der Waals surface area contributed by atoms with E-state index in [0.717, 1.165) is 0 Å². The van der Waals surface area contributed by atoms with E-state index in [1.54, 1.807) is 19.9 Å². The molecular formula is C14H17NO6.